The lowest BCUT2D eigenvalue weighted by molar-refractivity contribution is 0.0918. The van der Waals surface area contributed by atoms with E-state index in [1.54, 1.807) is 0 Å². The highest BCUT2D eigenvalue weighted by molar-refractivity contribution is 7.92. The van der Waals surface area contributed by atoms with Crippen LogP contribution in [0.5, 0.6) is 5.75 Å². The standard InChI is InChI=1S/C20H17ClFN5O6S/c21-14-8-13(2-3-15(14)22)34(31,32)27-10-12(9-25-19(28)18-23-5-6-24-18)33-17-4-1-11(7-16(17)27)26-20(29)30/h1-8,12,26H,9-10H2,(H,23,24)(H,25,28)(H,29,30). The number of nitrogens with zero attached hydrogens (tertiary/aromatic N) is 2. The maximum Gasteiger partial charge on any atom is 0.409 e. The van der Waals surface area contributed by atoms with Crippen molar-refractivity contribution in [3.8, 4) is 5.75 Å². The van der Waals surface area contributed by atoms with Crippen molar-refractivity contribution in [2.75, 3.05) is 22.7 Å². The van der Waals surface area contributed by atoms with E-state index in [2.05, 4.69) is 20.6 Å². The zero-order valence-corrected chi connectivity index (χ0v) is 18.7. The molecular weight excluding hydrogens is 493 g/mol. The maximum absolute atomic E-state index is 13.6. The van der Waals surface area contributed by atoms with Crippen LogP contribution >= 0.6 is 11.6 Å². The molecule has 0 saturated heterocycles. The molecule has 34 heavy (non-hydrogen) atoms. The molecule has 0 radical (unpaired) electrons. The molecule has 3 aromatic rings. The summed E-state index contributed by atoms with van der Waals surface area (Å²) in [5, 5.41) is 13.4. The van der Waals surface area contributed by atoms with E-state index in [1.165, 1.54) is 30.6 Å². The van der Waals surface area contributed by atoms with Gasteiger partial charge in [-0.2, -0.15) is 0 Å². The van der Waals surface area contributed by atoms with Gasteiger partial charge in [0, 0.05) is 18.1 Å². The molecule has 0 spiro atoms. The van der Waals surface area contributed by atoms with E-state index in [9.17, 15) is 22.4 Å². The van der Waals surface area contributed by atoms with Crippen LogP contribution in [0.4, 0.5) is 20.6 Å². The molecule has 2 heterocycles. The number of halogens is 2. The van der Waals surface area contributed by atoms with Gasteiger partial charge in [0.05, 0.1) is 28.7 Å². The molecule has 1 aliphatic heterocycles. The molecule has 1 unspecified atom stereocenters. The zero-order valence-electron chi connectivity index (χ0n) is 17.2. The summed E-state index contributed by atoms with van der Waals surface area (Å²) in [6, 6.07) is 7.08. The lowest BCUT2D eigenvalue weighted by atomic mass is 10.2. The summed E-state index contributed by atoms with van der Waals surface area (Å²) in [6.07, 6.45) is 0.741. The van der Waals surface area contributed by atoms with Crippen molar-refractivity contribution in [2.45, 2.75) is 11.0 Å². The van der Waals surface area contributed by atoms with Crippen molar-refractivity contribution in [2.24, 2.45) is 0 Å². The molecule has 11 nitrogen and oxygen atoms in total. The third kappa shape index (κ3) is 4.75. The number of rotatable bonds is 6. The van der Waals surface area contributed by atoms with Gasteiger partial charge in [-0.3, -0.25) is 14.4 Å². The highest BCUT2D eigenvalue weighted by Gasteiger charge is 2.35. The Morgan fingerprint density at radius 3 is 2.76 bits per heavy atom. The van der Waals surface area contributed by atoms with Crippen LogP contribution in [-0.2, 0) is 10.0 Å². The van der Waals surface area contributed by atoms with Gasteiger partial charge in [-0.15, -0.1) is 0 Å². The number of carbonyl (C=O) groups is 2. The molecule has 4 rings (SSSR count). The Morgan fingerprint density at radius 1 is 1.29 bits per heavy atom. The fourth-order valence-electron chi connectivity index (χ4n) is 3.29. The predicted octanol–water partition coefficient (Wildman–Crippen LogP) is 2.68. The molecule has 1 aromatic heterocycles. The second kappa shape index (κ2) is 9.19. The third-order valence-electron chi connectivity index (χ3n) is 4.82. The molecule has 1 aliphatic rings. The first-order valence-electron chi connectivity index (χ1n) is 9.71. The van der Waals surface area contributed by atoms with E-state index in [1.807, 2.05) is 0 Å². The summed E-state index contributed by atoms with van der Waals surface area (Å²) >= 11 is 5.79. The number of hydrogen-bond donors (Lipinski definition) is 4. The lowest BCUT2D eigenvalue weighted by Gasteiger charge is -2.35. The number of aromatic nitrogens is 2. The minimum Gasteiger partial charge on any atom is -0.484 e. The monoisotopic (exact) mass is 509 g/mol. The highest BCUT2D eigenvalue weighted by atomic mass is 35.5. The molecule has 0 fully saturated rings. The SMILES string of the molecule is O=C(O)Nc1ccc2c(c1)N(S(=O)(=O)c1ccc(F)c(Cl)c1)CC(CNC(=O)c1ncc[nH]1)O2. The number of sulfonamides is 1. The van der Waals surface area contributed by atoms with Crippen molar-refractivity contribution >= 4 is 45.0 Å². The fraction of sp³-hybridized carbons (Fsp3) is 0.150. The average Bonchev–Trinajstić information content (AvgIpc) is 3.33. The van der Waals surface area contributed by atoms with Crippen LogP contribution < -0.4 is 19.7 Å². The molecule has 178 valence electrons. The molecule has 1 atom stereocenters. The van der Waals surface area contributed by atoms with Crippen LogP contribution in [0.1, 0.15) is 10.6 Å². The van der Waals surface area contributed by atoms with Crippen LogP contribution in [-0.4, -0.2) is 54.7 Å². The van der Waals surface area contributed by atoms with Gasteiger partial charge >= 0.3 is 6.09 Å². The first-order chi connectivity index (χ1) is 16.1. The summed E-state index contributed by atoms with van der Waals surface area (Å²) in [5.41, 5.74) is 0.164. The van der Waals surface area contributed by atoms with Gasteiger partial charge in [0.25, 0.3) is 15.9 Å². The minimum absolute atomic E-state index is 0.0558. The number of benzene rings is 2. The highest BCUT2D eigenvalue weighted by Crippen LogP contribution is 2.39. The number of amides is 2. The van der Waals surface area contributed by atoms with Gasteiger partial charge < -0.3 is 20.1 Å². The van der Waals surface area contributed by atoms with E-state index >= 15 is 0 Å². The molecule has 0 aliphatic carbocycles. The Balaban J connectivity index is 1.67. The molecule has 14 heteroatoms. The van der Waals surface area contributed by atoms with Crippen molar-refractivity contribution in [3.05, 3.63) is 65.5 Å². The Morgan fingerprint density at radius 2 is 2.09 bits per heavy atom. The van der Waals surface area contributed by atoms with E-state index in [4.69, 9.17) is 21.4 Å². The van der Waals surface area contributed by atoms with Crippen LogP contribution in [0.3, 0.4) is 0 Å². The number of fused-ring (bicyclic) bond motifs is 1. The minimum atomic E-state index is -4.28. The van der Waals surface area contributed by atoms with Crippen molar-refractivity contribution in [1.29, 1.82) is 0 Å². The number of carbonyl (C=O) groups excluding carboxylic acids is 1. The van der Waals surface area contributed by atoms with Crippen LogP contribution in [0.15, 0.2) is 53.7 Å². The maximum atomic E-state index is 13.6. The molecule has 2 aromatic carbocycles. The van der Waals surface area contributed by atoms with E-state index in [0.717, 1.165) is 22.5 Å². The summed E-state index contributed by atoms with van der Waals surface area (Å²) in [6.45, 7) is -0.302. The molecule has 0 saturated carbocycles. The third-order valence-corrected chi connectivity index (χ3v) is 6.89. The van der Waals surface area contributed by atoms with Gasteiger partial charge in [0.15, 0.2) is 5.82 Å². The molecular formula is C20H17ClFN5O6S. The summed E-state index contributed by atoms with van der Waals surface area (Å²) in [5.74, 6) is -1.09. The average molecular weight is 510 g/mol. The summed E-state index contributed by atoms with van der Waals surface area (Å²) in [4.78, 5) is 29.5. The van der Waals surface area contributed by atoms with Crippen LogP contribution in [0, 0.1) is 5.82 Å². The van der Waals surface area contributed by atoms with Crippen LogP contribution in [0.2, 0.25) is 5.02 Å². The zero-order chi connectivity index (χ0) is 24.5. The summed E-state index contributed by atoms with van der Waals surface area (Å²) in [7, 11) is -4.28. The van der Waals surface area contributed by atoms with Crippen molar-refractivity contribution < 1.29 is 32.2 Å². The summed E-state index contributed by atoms with van der Waals surface area (Å²) < 4.78 is 47.4. The second-order valence-electron chi connectivity index (χ2n) is 7.11. The van der Waals surface area contributed by atoms with Crippen LogP contribution in [0.25, 0.3) is 0 Å². The van der Waals surface area contributed by atoms with Gasteiger partial charge in [0.1, 0.15) is 17.7 Å². The Kier molecular flexibility index (Phi) is 6.30. The Hall–Kier alpha value is -3.84. The number of aromatic amines is 1. The van der Waals surface area contributed by atoms with E-state index in [0.29, 0.717) is 0 Å². The molecule has 0 bridgehead atoms. The first kappa shape index (κ1) is 23.3. The number of nitrogens with one attached hydrogen (secondary N) is 3. The quantitative estimate of drug-likeness (QED) is 0.398. The Labute approximate surface area is 197 Å². The number of anilines is 2. The number of H-pyrrole nitrogens is 1. The van der Waals surface area contributed by atoms with Crippen molar-refractivity contribution in [3.63, 3.8) is 0 Å². The van der Waals surface area contributed by atoms with Gasteiger partial charge in [0.2, 0.25) is 0 Å². The second-order valence-corrected chi connectivity index (χ2v) is 9.38. The van der Waals surface area contributed by atoms with E-state index < -0.39 is 33.9 Å². The Bertz CT molecular complexity index is 1350. The number of hydrogen-bond acceptors (Lipinski definition) is 6. The number of imidazole rings is 1. The smallest absolute Gasteiger partial charge is 0.409 e. The molecule has 2 amide bonds. The largest absolute Gasteiger partial charge is 0.484 e. The normalized spacial score (nSPS) is 15.2. The van der Waals surface area contributed by atoms with E-state index in [-0.39, 0.29) is 46.0 Å². The number of carboxylic acid groups (broad SMARTS) is 1. The lowest BCUT2D eigenvalue weighted by Crippen LogP contribution is -2.48. The topological polar surface area (TPSA) is 154 Å². The van der Waals surface area contributed by atoms with Gasteiger partial charge in [-0.1, -0.05) is 11.6 Å². The van der Waals surface area contributed by atoms with Gasteiger partial charge in [-0.25, -0.2) is 22.6 Å². The first-order valence-corrected chi connectivity index (χ1v) is 11.5. The number of ether oxygens (including phenoxy) is 1. The fourth-order valence-corrected chi connectivity index (χ4v) is 5.06. The van der Waals surface area contributed by atoms with Crippen molar-refractivity contribution in [1.82, 2.24) is 15.3 Å². The molecule has 4 N–H and O–H groups in total. The van der Waals surface area contributed by atoms with Gasteiger partial charge in [-0.05, 0) is 36.4 Å². The predicted molar refractivity (Wildman–Crippen MR) is 119 cm³/mol.